The molecular formula is C26H42N4O3. The van der Waals surface area contributed by atoms with Crippen LogP contribution in [-0.2, 0) is 14.4 Å². The number of allylic oxidation sites excluding steroid dienone is 1. The number of fused-ring (bicyclic) bond motifs is 5. The predicted molar refractivity (Wildman–Crippen MR) is 129 cm³/mol. The number of hydrogen-bond donors (Lipinski definition) is 3. The van der Waals surface area contributed by atoms with Crippen LogP contribution in [0.2, 0.25) is 0 Å². The fourth-order valence-electron chi connectivity index (χ4n) is 8.09. The van der Waals surface area contributed by atoms with Crippen LogP contribution in [0.5, 0.6) is 0 Å². The average Bonchev–Trinajstić information content (AvgIpc) is 3.20. The lowest BCUT2D eigenvalue weighted by atomic mass is 9.45. The van der Waals surface area contributed by atoms with Gasteiger partial charge in [0.05, 0.1) is 0 Å². The molecule has 7 heteroatoms. The van der Waals surface area contributed by atoms with Crippen molar-refractivity contribution in [3.05, 3.63) is 11.6 Å². The molecule has 3 N–H and O–H groups in total. The highest BCUT2D eigenvalue weighted by Crippen LogP contribution is 2.66. The largest absolute Gasteiger partial charge is 0.384 e. The molecule has 0 heterocycles. The second-order valence-electron chi connectivity index (χ2n) is 11.2. The lowest BCUT2D eigenvalue weighted by molar-refractivity contribution is -0.154. The minimum atomic E-state index is -1.19. The van der Waals surface area contributed by atoms with Gasteiger partial charge in [0.2, 0.25) is 5.79 Å². The molecule has 0 aromatic rings. The summed E-state index contributed by atoms with van der Waals surface area (Å²) in [5, 5.41) is 12.7. The Kier molecular flexibility index (Phi) is 6.87. The minimum absolute atomic E-state index is 0.0292. The topological polar surface area (TPSA) is 91.8 Å². The van der Waals surface area contributed by atoms with Crippen LogP contribution in [0, 0.1) is 34.5 Å². The predicted octanol–water partition coefficient (Wildman–Crippen LogP) is 3.37. The third-order valence-electron chi connectivity index (χ3n) is 10.1. The standard InChI is InChI=1S/C26H42N4O3/c1-24-12-6-7-21(24)20-9-8-17-15-19(31)16-18(25(17,2)22(20)10-13-24)11-14-30-33-23(32)26(27-3,28-4)29-5/h14-15,18,20-22,27-29H,6-13,16H2,1-5H3/b30-14+. The van der Waals surface area contributed by atoms with Gasteiger partial charge in [0.1, 0.15) is 0 Å². The van der Waals surface area contributed by atoms with Crippen LogP contribution in [0.25, 0.3) is 0 Å². The first-order valence-electron chi connectivity index (χ1n) is 12.8. The van der Waals surface area contributed by atoms with Crippen molar-refractivity contribution in [2.24, 2.45) is 39.7 Å². The number of nitrogens with one attached hydrogen (secondary N) is 3. The first kappa shape index (κ1) is 24.6. The summed E-state index contributed by atoms with van der Waals surface area (Å²) in [5.41, 5.74) is 1.91. The molecule has 4 aliphatic rings. The summed E-state index contributed by atoms with van der Waals surface area (Å²) in [6.45, 7) is 4.94. The van der Waals surface area contributed by atoms with E-state index in [9.17, 15) is 9.59 Å². The van der Waals surface area contributed by atoms with Gasteiger partial charge in [0.15, 0.2) is 5.78 Å². The Morgan fingerprint density at radius 1 is 1.15 bits per heavy atom. The number of rotatable bonds is 7. The zero-order valence-corrected chi connectivity index (χ0v) is 21.0. The lowest BCUT2D eigenvalue weighted by Gasteiger charge is -2.59. The molecule has 33 heavy (non-hydrogen) atoms. The Bertz CT molecular complexity index is 827. The molecule has 6 unspecified atom stereocenters. The SMILES string of the molecule is CNC(NC)(NC)C(=O)O/N=C/CC1CC(=O)C=C2CCC3C4CCCC4(C)CCC3C21C. The van der Waals surface area contributed by atoms with Crippen LogP contribution in [0.15, 0.2) is 16.8 Å². The molecule has 0 radical (unpaired) electrons. The summed E-state index contributed by atoms with van der Waals surface area (Å²) in [7, 11) is 5.00. The molecule has 0 aromatic carbocycles. The van der Waals surface area contributed by atoms with Gasteiger partial charge in [-0.2, -0.15) is 0 Å². The summed E-state index contributed by atoms with van der Waals surface area (Å²) in [4.78, 5) is 30.3. The molecule has 3 saturated carbocycles. The normalized spacial score (nSPS) is 38.5. The maximum Gasteiger partial charge on any atom is 0.384 e. The summed E-state index contributed by atoms with van der Waals surface area (Å²) in [5.74, 6) is 0.927. The van der Waals surface area contributed by atoms with Crippen LogP contribution in [-0.4, -0.2) is 44.9 Å². The van der Waals surface area contributed by atoms with Gasteiger partial charge in [-0.1, -0.05) is 31.0 Å². The Balaban J connectivity index is 1.50. The van der Waals surface area contributed by atoms with E-state index >= 15 is 0 Å². The van der Waals surface area contributed by atoms with Gasteiger partial charge in [-0.05, 0) is 107 Å². The molecule has 4 aliphatic carbocycles. The number of likely N-dealkylation sites (N-methyl/N-ethyl adjacent to an activating group) is 3. The fraction of sp³-hybridized carbons (Fsp3) is 0.808. The first-order chi connectivity index (χ1) is 15.7. The highest BCUT2D eigenvalue weighted by atomic mass is 16.7. The molecule has 184 valence electrons. The second-order valence-corrected chi connectivity index (χ2v) is 11.2. The van der Waals surface area contributed by atoms with E-state index < -0.39 is 11.8 Å². The second kappa shape index (κ2) is 9.23. The van der Waals surface area contributed by atoms with Crippen molar-refractivity contribution in [2.45, 2.75) is 77.4 Å². The molecule has 4 rings (SSSR count). The Morgan fingerprint density at radius 3 is 2.58 bits per heavy atom. The number of carbonyl (C=O) groups is 2. The van der Waals surface area contributed by atoms with Gasteiger partial charge in [-0.3, -0.25) is 20.7 Å². The number of oxime groups is 1. The van der Waals surface area contributed by atoms with E-state index in [1.807, 2.05) is 6.08 Å². The summed E-state index contributed by atoms with van der Waals surface area (Å²) in [6, 6.07) is 0. The average molecular weight is 459 g/mol. The molecule has 0 bridgehead atoms. The van der Waals surface area contributed by atoms with Crippen LogP contribution in [0.1, 0.15) is 71.6 Å². The summed E-state index contributed by atoms with van der Waals surface area (Å²) >= 11 is 0. The fourth-order valence-corrected chi connectivity index (χ4v) is 8.09. The molecular weight excluding hydrogens is 416 g/mol. The van der Waals surface area contributed by atoms with Gasteiger partial charge in [0, 0.05) is 12.6 Å². The van der Waals surface area contributed by atoms with Gasteiger partial charge in [-0.25, -0.2) is 4.79 Å². The van der Waals surface area contributed by atoms with Crippen molar-refractivity contribution in [3.63, 3.8) is 0 Å². The first-order valence-corrected chi connectivity index (χ1v) is 12.8. The van der Waals surface area contributed by atoms with Crippen molar-refractivity contribution >= 4 is 18.0 Å². The van der Waals surface area contributed by atoms with Crippen molar-refractivity contribution in [1.82, 2.24) is 16.0 Å². The molecule has 0 aromatic heterocycles. The van der Waals surface area contributed by atoms with Crippen LogP contribution in [0.4, 0.5) is 0 Å². The summed E-state index contributed by atoms with van der Waals surface area (Å²) < 4.78 is 0. The zero-order chi connectivity index (χ0) is 23.9. The van der Waals surface area contributed by atoms with E-state index in [1.165, 1.54) is 44.1 Å². The quantitative estimate of drug-likeness (QED) is 0.235. The van der Waals surface area contributed by atoms with Gasteiger partial charge in [-0.15, -0.1) is 0 Å². The van der Waals surface area contributed by atoms with E-state index in [1.54, 1.807) is 27.4 Å². The highest BCUT2D eigenvalue weighted by molar-refractivity contribution is 5.92. The third-order valence-corrected chi connectivity index (χ3v) is 10.1. The molecule has 0 amide bonds. The smallest absolute Gasteiger partial charge is 0.313 e. The Morgan fingerprint density at radius 2 is 1.88 bits per heavy atom. The van der Waals surface area contributed by atoms with Crippen molar-refractivity contribution in [3.8, 4) is 0 Å². The van der Waals surface area contributed by atoms with E-state index in [-0.39, 0.29) is 17.1 Å². The number of hydrogen-bond acceptors (Lipinski definition) is 7. The van der Waals surface area contributed by atoms with Gasteiger partial charge in [0.25, 0.3) is 0 Å². The van der Waals surface area contributed by atoms with Crippen molar-refractivity contribution < 1.29 is 14.4 Å². The Labute approximate surface area is 198 Å². The maximum absolute atomic E-state index is 12.6. The Hall–Kier alpha value is -1.57. The number of carbonyl (C=O) groups excluding carboxylic acids is 2. The number of nitrogens with zero attached hydrogens (tertiary/aromatic N) is 1. The zero-order valence-electron chi connectivity index (χ0n) is 21.0. The molecule has 0 aliphatic heterocycles. The van der Waals surface area contributed by atoms with Crippen LogP contribution in [0.3, 0.4) is 0 Å². The molecule has 0 spiro atoms. The monoisotopic (exact) mass is 458 g/mol. The van der Waals surface area contributed by atoms with E-state index in [0.29, 0.717) is 24.2 Å². The van der Waals surface area contributed by atoms with Crippen LogP contribution < -0.4 is 16.0 Å². The molecule has 6 atom stereocenters. The third kappa shape index (κ3) is 4.00. The van der Waals surface area contributed by atoms with Gasteiger partial charge < -0.3 is 4.84 Å². The lowest BCUT2D eigenvalue weighted by Crippen LogP contribution is -2.68. The maximum atomic E-state index is 12.6. The van der Waals surface area contributed by atoms with E-state index in [4.69, 9.17) is 4.84 Å². The van der Waals surface area contributed by atoms with Gasteiger partial charge >= 0.3 is 5.97 Å². The molecule has 7 nitrogen and oxygen atoms in total. The van der Waals surface area contributed by atoms with E-state index in [0.717, 1.165) is 18.3 Å². The van der Waals surface area contributed by atoms with Crippen molar-refractivity contribution in [2.75, 3.05) is 21.1 Å². The van der Waals surface area contributed by atoms with E-state index in [2.05, 4.69) is 35.0 Å². The highest BCUT2D eigenvalue weighted by Gasteiger charge is 2.58. The van der Waals surface area contributed by atoms with Crippen LogP contribution >= 0.6 is 0 Å². The number of ketones is 1. The molecule has 0 saturated heterocycles. The molecule has 3 fully saturated rings. The summed E-state index contributed by atoms with van der Waals surface area (Å²) in [6.07, 6.45) is 13.8. The van der Waals surface area contributed by atoms with Crippen molar-refractivity contribution in [1.29, 1.82) is 0 Å². The minimum Gasteiger partial charge on any atom is -0.313 e.